The number of carboxylic acid groups (broad SMARTS) is 1. The molecule has 0 aliphatic heterocycles. The van der Waals surface area contributed by atoms with Gasteiger partial charge in [0.2, 0.25) is 0 Å². The van der Waals surface area contributed by atoms with Crippen molar-refractivity contribution in [2.45, 2.75) is 32.3 Å². The highest BCUT2D eigenvalue weighted by molar-refractivity contribution is 5.89. The van der Waals surface area contributed by atoms with Crippen LogP contribution in [-0.4, -0.2) is 48.2 Å². The number of hydrogen-bond donors (Lipinski definition) is 1. The van der Waals surface area contributed by atoms with E-state index in [1.165, 1.54) is 7.11 Å². The number of methoxy groups -OCH3 is 1. The first-order valence-corrected chi connectivity index (χ1v) is 6.97. The largest absolute Gasteiger partial charge is 0.478 e. The van der Waals surface area contributed by atoms with E-state index in [9.17, 15) is 9.59 Å². The number of benzene rings is 1. The molecule has 0 aliphatic carbocycles. The van der Waals surface area contributed by atoms with Crippen molar-refractivity contribution in [2.24, 2.45) is 0 Å². The minimum absolute atomic E-state index is 0.0969. The first kappa shape index (κ1) is 17.2. The molecule has 116 valence electrons. The second-order valence-electron chi connectivity index (χ2n) is 5.23. The Labute approximate surface area is 125 Å². The quantitative estimate of drug-likeness (QED) is 0.837. The van der Waals surface area contributed by atoms with Crippen LogP contribution in [0.15, 0.2) is 24.3 Å². The summed E-state index contributed by atoms with van der Waals surface area (Å²) in [5.41, 5.74) is 0.171. The van der Waals surface area contributed by atoms with Crippen LogP contribution >= 0.6 is 0 Å². The summed E-state index contributed by atoms with van der Waals surface area (Å²) in [6.07, 6.45) is 1.08. The summed E-state index contributed by atoms with van der Waals surface area (Å²) in [6.45, 7) is 4.11. The lowest BCUT2D eigenvalue weighted by molar-refractivity contribution is -0.151. The van der Waals surface area contributed by atoms with E-state index in [0.29, 0.717) is 19.4 Å². The molecule has 1 aromatic carbocycles. The minimum atomic E-state index is -0.949. The van der Waals surface area contributed by atoms with Gasteiger partial charge in [-0.1, -0.05) is 25.1 Å². The average Bonchev–Trinajstić information content (AvgIpc) is 2.51. The number of nitrogens with zero attached hydrogens (tertiary/aromatic N) is 1. The first-order chi connectivity index (χ1) is 9.85. The summed E-state index contributed by atoms with van der Waals surface area (Å²) >= 11 is 0. The number of likely N-dealkylation sites (N-methyl/N-ethyl adjacent to an activating group) is 1. The zero-order chi connectivity index (χ0) is 16.0. The van der Waals surface area contributed by atoms with Crippen molar-refractivity contribution in [2.75, 3.05) is 20.7 Å². The summed E-state index contributed by atoms with van der Waals surface area (Å²) in [5, 5.41) is 9.14. The number of hydrogen-bond acceptors (Lipinski definition) is 3. The van der Waals surface area contributed by atoms with Gasteiger partial charge in [0.1, 0.15) is 5.60 Å². The van der Waals surface area contributed by atoms with Crippen LogP contribution in [0.2, 0.25) is 0 Å². The lowest BCUT2D eigenvalue weighted by Crippen LogP contribution is -2.47. The van der Waals surface area contributed by atoms with Crippen molar-refractivity contribution in [1.82, 2.24) is 4.90 Å². The Hall–Kier alpha value is -1.88. The number of ether oxygens (including phenoxy) is 1. The van der Waals surface area contributed by atoms with Crippen LogP contribution in [0.25, 0.3) is 0 Å². The molecule has 1 rings (SSSR count). The Morgan fingerprint density at radius 3 is 2.48 bits per heavy atom. The van der Waals surface area contributed by atoms with E-state index in [1.54, 1.807) is 43.1 Å². The zero-order valence-corrected chi connectivity index (χ0v) is 13.0. The molecule has 1 N–H and O–H groups in total. The molecule has 5 nitrogen and oxygen atoms in total. The Balaban J connectivity index is 2.76. The van der Waals surface area contributed by atoms with E-state index >= 15 is 0 Å². The molecular weight excluding hydrogens is 270 g/mol. The first-order valence-electron chi connectivity index (χ1n) is 6.97. The number of amides is 1. The summed E-state index contributed by atoms with van der Waals surface area (Å²) < 4.78 is 5.30. The van der Waals surface area contributed by atoms with Crippen LogP contribution in [0.1, 0.15) is 36.2 Å². The third-order valence-electron chi connectivity index (χ3n) is 3.89. The second kappa shape index (κ2) is 7.22. The lowest BCUT2D eigenvalue weighted by Gasteiger charge is -2.30. The van der Waals surface area contributed by atoms with Gasteiger partial charge in [0.15, 0.2) is 0 Å². The van der Waals surface area contributed by atoms with E-state index in [1.807, 2.05) is 6.92 Å². The number of aromatic carboxylic acids is 1. The van der Waals surface area contributed by atoms with Gasteiger partial charge in [-0.2, -0.15) is 0 Å². The number of carbonyl (C=O) groups excluding carboxylic acids is 1. The summed E-state index contributed by atoms with van der Waals surface area (Å²) in [4.78, 5) is 25.1. The fraction of sp³-hybridized carbons (Fsp3) is 0.500. The normalized spacial score (nSPS) is 13.5. The molecule has 1 amide bonds. The highest BCUT2D eigenvalue weighted by Crippen LogP contribution is 2.18. The predicted octanol–water partition coefficient (Wildman–Crippen LogP) is 2.20. The SMILES string of the molecule is CCC(C)(OC)C(=O)N(C)CCc1ccccc1C(=O)O. The molecule has 0 radical (unpaired) electrons. The third kappa shape index (κ3) is 4.04. The molecule has 0 saturated carbocycles. The molecule has 0 saturated heterocycles. The van der Waals surface area contributed by atoms with Crippen LogP contribution in [0.4, 0.5) is 0 Å². The molecule has 21 heavy (non-hydrogen) atoms. The van der Waals surface area contributed by atoms with Gasteiger partial charge < -0.3 is 14.7 Å². The van der Waals surface area contributed by atoms with Crippen molar-refractivity contribution < 1.29 is 19.4 Å². The van der Waals surface area contributed by atoms with E-state index in [0.717, 1.165) is 5.56 Å². The van der Waals surface area contributed by atoms with Crippen molar-refractivity contribution in [3.05, 3.63) is 35.4 Å². The van der Waals surface area contributed by atoms with Crippen LogP contribution in [-0.2, 0) is 16.0 Å². The van der Waals surface area contributed by atoms with Crippen LogP contribution in [0, 0.1) is 0 Å². The van der Waals surface area contributed by atoms with E-state index in [-0.39, 0.29) is 11.5 Å². The molecule has 1 unspecified atom stereocenters. The number of carbonyl (C=O) groups is 2. The monoisotopic (exact) mass is 293 g/mol. The third-order valence-corrected chi connectivity index (χ3v) is 3.89. The molecule has 0 spiro atoms. The van der Waals surface area contributed by atoms with Crippen molar-refractivity contribution in [1.29, 1.82) is 0 Å². The summed E-state index contributed by atoms with van der Waals surface area (Å²) in [6, 6.07) is 6.84. The van der Waals surface area contributed by atoms with Gasteiger partial charge in [0, 0.05) is 20.7 Å². The molecule has 0 aliphatic rings. The van der Waals surface area contributed by atoms with Gasteiger partial charge in [-0.25, -0.2) is 4.79 Å². The number of carboxylic acids is 1. The maximum Gasteiger partial charge on any atom is 0.335 e. The van der Waals surface area contributed by atoms with Crippen LogP contribution < -0.4 is 0 Å². The maximum absolute atomic E-state index is 12.4. The average molecular weight is 293 g/mol. The standard InChI is InChI=1S/C16H23NO4/c1-5-16(2,21-4)15(20)17(3)11-10-12-8-6-7-9-13(12)14(18)19/h6-9H,5,10-11H2,1-4H3,(H,18,19). The van der Waals surface area contributed by atoms with E-state index in [2.05, 4.69) is 0 Å². The molecule has 0 aromatic heterocycles. The van der Waals surface area contributed by atoms with Gasteiger partial charge in [0.05, 0.1) is 5.56 Å². The Kier molecular flexibility index (Phi) is 5.90. The van der Waals surface area contributed by atoms with Gasteiger partial charge in [-0.3, -0.25) is 4.79 Å². The Bertz CT molecular complexity index is 509. The van der Waals surface area contributed by atoms with Crippen LogP contribution in [0.3, 0.4) is 0 Å². The summed E-state index contributed by atoms with van der Waals surface area (Å²) in [7, 11) is 3.23. The highest BCUT2D eigenvalue weighted by Gasteiger charge is 2.33. The van der Waals surface area contributed by atoms with Gasteiger partial charge in [-0.05, 0) is 31.4 Å². The topological polar surface area (TPSA) is 66.8 Å². The van der Waals surface area contributed by atoms with Gasteiger partial charge in [-0.15, -0.1) is 0 Å². The Morgan fingerprint density at radius 2 is 1.95 bits per heavy atom. The molecular formula is C16H23NO4. The molecule has 0 fully saturated rings. The van der Waals surface area contributed by atoms with Crippen molar-refractivity contribution in [3.8, 4) is 0 Å². The van der Waals surface area contributed by atoms with Crippen molar-refractivity contribution >= 4 is 11.9 Å². The van der Waals surface area contributed by atoms with Crippen LogP contribution in [0.5, 0.6) is 0 Å². The fourth-order valence-corrected chi connectivity index (χ4v) is 2.12. The predicted molar refractivity (Wildman–Crippen MR) is 80.4 cm³/mol. The van der Waals surface area contributed by atoms with E-state index in [4.69, 9.17) is 9.84 Å². The molecule has 0 heterocycles. The second-order valence-corrected chi connectivity index (χ2v) is 5.23. The maximum atomic E-state index is 12.4. The molecule has 5 heteroatoms. The summed E-state index contributed by atoms with van der Waals surface area (Å²) in [5.74, 6) is -1.05. The highest BCUT2D eigenvalue weighted by atomic mass is 16.5. The van der Waals surface area contributed by atoms with Gasteiger partial charge in [0.25, 0.3) is 5.91 Å². The lowest BCUT2D eigenvalue weighted by atomic mass is 10.0. The van der Waals surface area contributed by atoms with Crippen molar-refractivity contribution in [3.63, 3.8) is 0 Å². The zero-order valence-electron chi connectivity index (χ0n) is 13.0. The van der Waals surface area contributed by atoms with Gasteiger partial charge >= 0.3 is 5.97 Å². The molecule has 1 aromatic rings. The number of rotatable bonds is 7. The fourth-order valence-electron chi connectivity index (χ4n) is 2.12. The Morgan fingerprint density at radius 1 is 1.33 bits per heavy atom. The smallest absolute Gasteiger partial charge is 0.335 e. The molecule has 0 bridgehead atoms. The minimum Gasteiger partial charge on any atom is -0.478 e. The molecule has 1 atom stereocenters. The van der Waals surface area contributed by atoms with E-state index < -0.39 is 11.6 Å².